The molecule has 1 aromatic carbocycles. The largest absolute Gasteiger partial charge is 0.361 e. The van der Waals surface area contributed by atoms with Gasteiger partial charge in [-0.3, -0.25) is 9.80 Å². The summed E-state index contributed by atoms with van der Waals surface area (Å²) in [6, 6.07) is 7.89. The van der Waals surface area contributed by atoms with Gasteiger partial charge in [0.15, 0.2) is 0 Å². The Labute approximate surface area is 87.6 Å². The van der Waals surface area contributed by atoms with Crippen LogP contribution in [-0.4, -0.2) is 22.9 Å². The Kier molecular flexibility index (Phi) is 2.43. The number of carbonyl (C=O) groups excluding carboxylic acids is 1. The molecule has 0 bridgehead atoms. The Morgan fingerprint density at radius 3 is 2.93 bits per heavy atom. The maximum atomic E-state index is 11.4. The Morgan fingerprint density at radius 1 is 1.47 bits per heavy atom. The van der Waals surface area contributed by atoms with E-state index in [0.717, 1.165) is 21.5 Å². The Hall–Kier alpha value is -1.81. The van der Waals surface area contributed by atoms with Gasteiger partial charge >= 0.3 is 0 Å². The first-order valence-electron chi connectivity index (χ1n) is 4.74. The number of benzene rings is 1. The number of aromatic amines is 1. The first-order chi connectivity index (χ1) is 7.18. The molecule has 0 spiro atoms. The molecule has 4 nitrogen and oxygen atoms in total. The van der Waals surface area contributed by atoms with Crippen LogP contribution < -0.4 is 5.84 Å². The molecule has 2 aromatic rings. The third kappa shape index (κ3) is 1.85. The minimum Gasteiger partial charge on any atom is -0.361 e. The number of para-hydroxylation sites is 1. The van der Waals surface area contributed by atoms with Crippen molar-refractivity contribution in [2.45, 2.75) is 6.42 Å². The van der Waals surface area contributed by atoms with Crippen molar-refractivity contribution < 1.29 is 4.79 Å². The number of amides is 1. The summed E-state index contributed by atoms with van der Waals surface area (Å²) in [5, 5.41) is 2.19. The Balaban J connectivity index is 2.33. The van der Waals surface area contributed by atoms with Crippen molar-refractivity contribution in [2.24, 2.45) is 5.84 Å². The third-order valence-electron chi connectivity index (χ3n) is 2.41. The Morgan fingerprint density at radius 2 is 2.20 bits per heavy atom. The molecule has 0 fully saturated rings. The number of H-pyrrole nitrogens is 1. The zero-order valence-electron chi connectivity index (χ0n) is 8.53. The molecule has 0 unspecified atom stereocenters. The number of aromatic nitrogens is 1. The monoisotopic (exact) mass is 203 g/mol. The predicted octanol–water partition coefficient (Wildman–Crippen LogP) is 1.04. The highest BCUT2D eigenvalue weighted by Gasteiger charge is 2.09. The fraction of sp³-hybridized carbons (Fsp3) is 0.182. The van der Waals surface area contributed by atoms with Crippen LogP contribution >= 0.6 is 0 Å². The minimum absolute atomic E-state index is 0.0975. The molecule has 78 valence electrons. The van der Waals surface area contributed by atoms with Gasteiger partial charge in [-0.15, -0.1) is 0 Å². The second kappa shape index (κ2) is 3.74. The van der Waals surface area contributed by atoms with Crippen molar-refractivity contribution in [3.8, 4) is 0 Å². The Bertz CT molecular complexity index is 487. The minimum atomic E-state index is -0.0975. The van der Waals surface area contributed by atoms with Crippen molar-refractivity contribution in [3.05, 3.63) is 36.0 Å². The molecule has 1 aromatic heterocycles. The molecule has 0 atom stereocenters. The van der Waals surface area contributed by atoms with E-state index in [1.165, 1.54) is 0 Å². The standard InChI is InChI=1S/C11H13N3O/c1-14(12)11(15)6-8-7-13-10-5-3-2-4-9(8)10/h2-5,7,13H,6,12H2,1H3. The molecular weight excluding hydrogens is 190 g/mol. The van der Waals surface area contributed by atoms with Crippen LogP contribution in [0.4, 0.5) is 0 Å². The van der Waals surface area contributed by atoms with Gasteiger partial charge in [0, 0.05) is 24.1 Å². The van der Waals surface area contributed by atoms with E-state index in [-0.39, 0.29) is 5.91 Å². The van der Waals surface area contributed by atoms with Crippen molar-refractivity contribution >= 4 is 16.8 Å². The van der Waals surface area contributed by atoms with Crippen LogP contribution in [0, 0.1) is 0 Å². The number of likely N-dealkylation sites (N-methyl/N-ethyl adjacent to an activating group) is 1. The van der Waals surface area contributed by atoms with Crippen LogP contribution in [0.1, 0.15) is 5.56 Å². The van der Waals surface area contributed by atoms with E-state index < -0.39 is 0 Å². The van der Waals surface area contributed by atoms with Crippen LogP contribution in [0.5, 0.6) is 0 Å². The van der Waals surface area contributed by atoms with Crippen molar-refractivity contribution in [3.63, 3.8) is 0 Å². The van der Waals surface area contributed by atoms with E-state index in [9.17, 15) is 4.79 Å². The highest BCUT2D eigenvalue weighted by molar-refractivity contribution is 5.88. The SMILES string of the molecule is CN(N)C(=O)Cc1c[nH]c2ccccc12. The summed E-state index contributed by atoms with van der Waals surface area (Å²) in [4.78, 5) is 14.6. The molecule has 0 aliphatic heterocycles. The van der Waals surface area contributed by atoms with Crippen molar-refractivity contribution in [1.29, 1.82) is 0 Å². The second-order valence-corrected chi connectivity index (χ2v) is 3.54. The summed E-state index contributed by atoms with van der Waals surface area (Å²) in [5.74, 6) is 5.27. The van der Waals surface area contributed by atoms with E-state index in [4.69, 9.17) is 5.84 Å². The molecule has 0 aliphatic carbocycles. The number of nitrogens with two attached hydrogens (primary N) is 1. The van der Waals surface area contributed by atoms with Crippen LogP contribution in [0.15, 0.2) is 30.5 Å². The topological polar surface area (TPSA) is 62.1 Å². The highest BCUT2D eigenvalue weighted by Crippen LogP contribution is 2.18. The lowest BCUT2D eigenvalue weighted by Crippen LogP contribution is -2.34. The van der Waals surface area contributed by atoms with Crippen LogP contribution in [0.3, 0.4) is 0 Å². The van der Waals surface area contributed by atoms with Crippen LogP contribution in [0.2, 0.25) is 0 Å². The zero-order valence-corrected chi connectivity index (χ0v) is 8.53. The lowest BCUT2D eigenvalue weighted by Gasteiger charge is -2.08. The van der Waals surface area contributed by atoms with E-state index in [1.807, 2.05) is 30.5 Å². The van der Waals surface area contributed by atoms with Gasteiger partial charge in [-0.05, 0) is 11.6 Å². The van der Waals surface area contributed by atoms with E-state index in [0.29, 0.717) is 6.42 Å². The smallest absolute Gasteiger partial charge is 0.240 e. The van der Waals surface area contributed by atoms with E-state index in [2.05, 4.69) is 4.98 Å². The van der Waals surface area contributed by atoms with Gasteiger partial charge in [-0.25, -0.2) is 5.84 Å². The maximum Gasteiger partial charge on any atom is 0.240 e. The number of rotatable bonds is 2. The predicted molar refractivity (Wildman–Crippen MR) is 59.0 cm³/mol. The average Bonchev–Trinajstić information content (AvgIpc) is 2.62. The molecule has 2 rings (SSSR count). The normalized spacial score (nSPS) is 10.5. The van der Waals surface area contributed by atoms with Crippen LogP contribution in [-0.2, 0) is 11.2 Å². The molecule has 0 aliphatic rings. The van der Waals surface area contributed by atoms with Gasteiger partial charge < -0.3 is 4.98 Å². The number of nitrogens with zero attached hydrogens (tertiary/aromatic N) is 1. The number of hydrogen-bond donors (Lipinski definition) is 2. The van der Waals surface area contributed by atoms with Crippen molar-refractivity contribution in [2.75, 3.05) is 7.05 Å². The molecule has 0 saturated carbocycles. The fourth-order valence-electron chi connectivity index (χ4n) is 1.57. The molecule has 1 heterocycles. The second-order valence-electron chi connectivity index (χ2n) is 3.54. The molecule has 1 amide bonds. The van der Waals surface area contributed by atoms with Gasteiger partial charge in [-0.2, -0.15) is 0 Å². The summed E-state index contributed by atoms with van der Waals surface area (Å²) in [5.41, 5.74) is 2.02. The summed E-state index contributed by atoms with van der Waals surface area (Å²) in [7, 11) is 1.55. The first-order valence-corrected chi connectivity index (χ1v) is 4.74. The van der Waals surface area contributed by atoms with Gasteiger partial charge in [0.25, 0.3) is 0 Å². The number of hydrogen-bond acceptors (Lipinski definition) is 2. The lowest BCUT2D eigenvalue weighted by molar-refractivity contribution is -0.129. The summed E-state index contributed by atoms with van der Waals surface area (Å²) in [6.45, 7) is 0. The summed E-state index contributed by atoms with van der Waals surface area (Å²) in [6.07, 6.45) is 2.18. The van der Waals surface area contributed by atoms with E-state index in [1.54, 1.807) is 7.05 Å². The van der Waals surface area contributed by atoms with Crippen molar-refractivity contribution in [1.82, 2.24) is 9.99 Å². The van der Waals surface area contributed by atoms with Crippen LogP contribution in [0.25, 0.3) is 10.9 Å². The number of carbonyl (C=O) groups is 1. The summed E-state index contributed by atoms with van der Waals surface area (Å²) >= 11 is 0. The molecule has 15 heavy (non-hydrogen) atoms. The quantitative estimate of drug-likeness (QED) is 0.435. The zero-order chi connectivity index (χ0) is 10.8. The number of hydrazine groups is 1. The molecule has 3 N–H and O–H groups in total. The van der Waals surface area contributed by atoms with E-state index >= 15 is 0 Å². The third-order valence-corrected chi connectivity index (χ3v) is 2.41. The number of fused-ring (bicyclic) bond motifs is 1. The van der Waals surface area contributed by atoms with Gasteiger partial charge in [0.05, 0.1) is 6.42 Å². The number of nitrogens with one attached hydrogen (secondary N) is 1. The molecule has 0 saturated heterocycles. The first kappa shape index (κ1) is 9.73. The van der Waals surface area contributed by atoms with Gasteiger partial charge in [0.2, 0.25) is 5.91 Å². The molecule has 4 heteroatoms. The summed E-state index contributed by atoms with van der Waals surface area (Å²) < 4.78 is 0. The van der Waals surface area contributed by atoms with Gasteiger partial charge in [0.1, 0.15) is 0 Å². The van der Waals surface area contributed by atoms with Gasteiger partial charge in [-0.1, -0.05) is 18.2 Å². The highest BCUT2D eigenvalue weighted by atomic mass is 16.2. The molecule has 0 radical (unpaired) electrons. The maximum absolute atomic E-state index is 11.4. The molecular formula is C11H13N3O. The fourth-order valence-corrected chi connectivity index (χ4v) is 1.57. The lowest BCUT2D eigenvalue weighted by atomic mass is 10.1. The average molecular weight is 203 g/mol.